The fourth-order valence-electron chi connectivity index (χ4n) is 3.75. The monoisotopic (exact) mass is 375 g/mol. The fraction of sp³-hybridized carbons (Fsp3) is 0.318. The van der Waals surface area contributed by atoms with Gasteiger partial charge < -0.3 is 10.2 Å². The first-order valence-electron chi connectivity index (χ1n) is 9.68. The molecule has 1 aliphatic heterocycles. The smallest absolute Gasteiger partial charge is 0.270 e. The summed E-state index contributed by atoms with van der Waals surface area (Å²) in [5.74, 6) is 0.463. The molecule has 1 saturated heterocycles. The molecular formula is C22H25N5O. The van der Waals surface area contributed by atoms with Crippen molar-refractivity contribution in [1.29, 1.82) is 0 Å². The third-order valence-electron chi connectivity index (χ3n) is 5.21. The van der Waals surface area contributed by atoms with Crippen LogP contribution in [0, 0.1) is 5.92 Å². The molecule has 0 spiro atoms. The minimum atomic E-state index is -0.142. The van der Waals surface area contributed by atoms with Crippen LogP contribution in [0.15, 0.2) is 61.1 Å². The van der Waals surface area contributed by atoms with Gasteiger partial charge in [0.1, 0.15) is 5.69 Å². The molecule has 6 heteroatoms. The van der Waals surface area contributed by atoms with Crippen LogP contribution in [-0.2, 0) is 20.0 Å². The minimum absolute atomic E-state index is 0.142. The lowest BCUT2D eigenvalue weighted by Crippen LogP contribution is -2.25. The highest BCUT2D eigenvalue weighted by molar-refractivity contribution is 5.93. The van der Waals surface area contributed by atoms with Gasteiger partial charge in [-0.25, -0.2) is 0 Å². The first-order chi connectivity index (χ1) is 13.7. The van der Waals surface area contributed by atoms with E-state index in [0.29, 0.717) is 18.2 Å². The SMILES string of the molecule is Cn1cc(CC2CCN(c3ccnc(C(=O)NCc4ccccc4)c3)C2)cn1. The average Bonchev–Trinajstić information content (AvgIpc) is 3.36. The maximum atomic E-state index is 12.5. The minimum Gasteiger partial charge on any atom is -0.371 e. The van der Waals surface area contributed by atoms with E-state index < -0.39 is 0 Å². The number of anilines is 1. The number of carbonyl (C=O) groups excluding carboxylic acids is 1. The molecule has 1 unspecified atom stereocenters. The molecule has 1 atom stereocenters. The highest BCUT2D eigenvalue weighted by atomic mass is 16.1. The average molecular weight is 375 g/mol. The lowest BCUT2D eigenvalue weighted by atomic mass is 10.0. The fourth-order valence-corrected chi connectivity index (χ4v) is 3.75. The van der Waals surface area contributed by atoms with Crippen LogP contribution < -0.4 is 10.2 Å². The topological polar surface area (TPSA) is 63.1 Å². The summed E-state index contributed by atoms with van der Waals surface area (Å²) in [7, 11) is 1.95. The molecule has 0 saturated carbocycles. The molecule has 2 aromatic heterocycles. The van der Waals surface area contributed by atoms with Crippen LogP contribution in [-0.4, -0.2) is 33.8 Å². The molecule has 1 fully saturated rings. The summed E-state index contributed by atoms with van der Waals surface area (Å²) < 4.78 is 1.85. The first kappa shape index (κ1) is 18.2. The summed E-state index contributed by atoms with van der Waals surface area (Å²) in [5.41, 5.74) is 3.88. The number of nitrogens with zero attached hydrogens (tertiary/aromatic N) is 4. The third kappa shape index (κ3) is 4.39. The Morgan fingerprint density at radius 2 is 2.07 bits per heavy atom. The van der Waals surface area contributed by atoms with Crippen LogP contribution in [0.5, 0.6) is 0 Å². The van der Waals surface area contributed by atoms with Crippen molar-refractivity contribution < 1.29 is 4.79 Å². The number of carbonyl (C=O) groups is 1. The van der Waals surface area contributed by atoms with Gasteiger partial charge >= 0.3 is 0 Å². The number of amides is 1. The summed E-state index contributed by atoms with van der Waals surface area (Å²) in [6.45, 7) is 2.49. The largest absolute Gasteiger partial charge is 0.371 e. The van der Waals surface area contributed by atoms with Crippen LogP contribution >= 0.6 is 0 Å². The van der Waals surface area contributed by atoms with Crippen LogP contribution in [0.1, 0.15) is 28.0 Å². The molecule has 28 heavy (non-hydrogen) atoms. The van der Waals surface area contributed by atoms with Gasteiger partial charge in [0.25, 0.3) is 5.91 Å². The van der Waals surface area contributed by atoms with E-state index in [1.54, 1.807) is 6.20 Å². The van der Waals surface area contributed by atoms with Crippen molar-refractivity contribution >= 4 is 11.6 Å². The second-order valence-electron chi connectivity index (χ2n) is 7.39. The van der Waals surface area contributed by atoms with Crippen molar-refractivity contribution in [1.82, 2.24) is 20.1 Å². The van der Waals surface area contributed by atoms with Gasteiger partial charge in [-0.3, -0.25) is 14.5 Å². The van der Waals surface area contributed by atoms with E-state index in [1.165, 1.54) is 5.56 Å². The number of aromatic nitrogens is 3. The van der Waals surface area contributed by atoms with Crippen LogP contribution in [0.3, 0.4) is 0 Å². The molecular weight excluding hydrogens is 350 g/mol. The van der Waals surface area contributed by atoms with Crippen molar-refractivity contribution in [2.24, 2.45) is 13.0 Å². The molecule has 1 amide bonds. The Morgan fingerprint density at radius 3 is 2.86 bits per heavy atom. The van der Waals surface area contributed by atoms with Gasteiger partial charge in [-0.2, -0.15) is 5.10 Å². The Kier molecular flexibility index (Phi) is 5.37. The normalized spacial score (nSPS) is 16.3. The molecule has 1 N–H and O–H groups in total. The number of hydrogen-bond acceptors (Lipinski definition) is 4. The van der Waals surface area contributed by atoms with Crippen molar-refractivity contribution in [3.63, 3.8) is 0 Å². The molecule has 3 aromatic rings. The second-order valence-corrected chi connectivity index (χ2v) is 7.39. The number of rotatable bonds is 6. The maximum Gasteiger partial charge on any atom is 0.270 e. The quantitative estimate of drug-likeness (QED) is 0.720. The van der Waals surface area contributed by atoms with Gasteiger partial charge in [-0.1, -0.05) is 30.3 Å². The zero-order valence-corrected chi connectivity index (χ0v) is 16.1. The van der Waals surface area contributed by atoms with Gasteiger partial charge in [0.15, 0.2) is 0 Å². The highest BCUT2D eigenvalue weighted by Crippen LogP contribution is 2.26. The number of nitrogens with one attached hydrogen (secondary N) is 1. The number of hydrogen-bond donors (Lipinski definition) is 1. The van der Waals surface area contributed by atoms with Crippen molar-refractivity contribution in [3.05, 3.63) is 77.9 Å². The van der Waals surface area contributed by atoms with Gasteiger partial charge in [0.05, 0.1) is 6.20 Å². The van der Waals surface area contributed by atoms with E-state index in [1.807, 2.05) is 60.4 Å². The summed E-state index contributed by atoms with van der Waals surface area (Å²) in [5, 5.41) is 7.20. The van der Waals surface area contributed by atoms with Gasteiger partial charge in [-0.05, 0) is 42.0 Å². The maximum absolute atomic E-state index is 12.5. The summed E-state index contributed by atoms with van der Waals surface area (Å²) >= 11 is 0. The molecule has 144 valence electrons. The van der Waals surface area contributed by atoms with E-state index >= 15 is 0 Å². The lowest BCUT2D eigenvalue weighted by molar-refractivity contribution is 0.0946. The molecule has 0 radical (unpaired) electrons. The van der Waals surface area contributed by atoms with Crippen LogP contribution in [0.4, 0.5) is 5.69 Å². The number of aryl methyl sites for hydroxylation is 1. The molecule has 3 heterocycles. The van der Waals surface area contributed by atoms with E-state index in [4.69, 9.17) is 0 Å². The standard InChI is InChI=1S/C22H25N5O/c1-26-15-19(14-25-26)11-18-8-10-27(16-18)20-7-9-23-21(12-20)22(28)24-13-17-5-3-2-4-6-17/h2-7,9,12,14-15,18H,8,10-11,13,16H2,1H3,(H,24,28). The zero-order chi connectivity index (χ0) is 19.3. The van der Waals surface area contributed by atoms with E-state index in [0.717, 1.165) is 37.2 Å². The predicted molar refractivity (Wildman–Crippen MR) is 109 cm³/mol. The van der Waals surface area contributed by atoms with Gasteiger partial charge in [0, 0.05) is 44.8 Å². The zero-order valence-electron chi connectivity index (χ0n) is 16.1. The van der Waals surface area contributed by atoms with Crippen LogP contribution in [0.25, 0.3) is 0 Å². The summed E-state index contributed by atoms with van der Waals surface area (Å²) in [4.78, 5) is 19.1. The number of benzene rings is 1. The van der Waals surface area contributed by atoms with Gasteiger partial charge in [0.2, 0.25) is 0 Å². The van der Waals surface area contributed by atoms with E-state index in [9.17, 15) is 4.79 Å². The highest BCUT2D eigenvalue weighted by Gasteiger charge is 2.24. The summed E-state index contributed by atoms with van der Waals surface area (Å²) in [6, 6.07) is 13.8. The second kappa shape index (κ2) is 8.25. The Hall–Kier alpha value is -3.15. The Bertz CT molecular complexity index is 937. The summed E-state index contributed by atoms with van der Waals surface area (Å²) in [6.07, 6.45) is 7.95. The van der Waals surface area contributed by atoms with E-state index in [2.05, 4.69) is 26.5 Å². The molecule has 0 bridgehead atoms. The molecule has 4 rings (SSSR count). The van der Waals surface area contributed by atoms with E-state index in [-0.39, 0.29) is 5.91 Å². The molecule has 6 nitrogen and oxygen atoms in total. The Balaban J connectivity index is 1.36. The Labute approximate surface area is 165 Å². The molecule has 1 aliphatic rings. The number of pyridine rings is 1. The third-order valence-corrected chi connectivity index (χ3v) is 5.21. The predicted octanol–water partition coefficient (Wildman–Crippen LogP) is 2.81. The van der Waals surface area contributed by atoms with Crippen molar-refractivity contribution in [2.45, 2.75) is 19.4 Å². The Morgan fingerprint density at radius 1 is 1.21 bits per heavy atom. The lowest BCUT2D eigenvalue weighted by Gasteiger charge is -2.19. The van der Waals surface area contributed by atoms with Crippen molar-refractivity contribution in [2.75, 3.05) is 18.0 Å². The van der Waals surface area contributed by atoms with Gasteiger partial charge in [-0.15, -0.1) is 0 Å². The van der Waals surface area contributed by atoms with Crippen molar-refractivity contribution in [3.8, 4) is 0 Å². The molecule has 0 aliphatic carbocycles. The first-order valence-corrected chi connectivity index (χ1v) is 9.68. The molecule has 1 aromatic carbocycles. The van der Waals surface area contributed by atoms with Crippen LogP contribution in [0.2, 0.25) is 0 Å².